The van der Waals surface area contributed by atoms with Crippen LogP contribution in [0.1, 0.15) is 73.8 Å². The summed E-state index contributed by atoms with van der Waals surface area (Å²) in [6, 6.07) is 8.65. The van der Waals surface area contributed by atoms with Crippen molar-refractivity contribution in [3.63, 3.8) is 0 Å². The first-order valence-electron chi connectivity index (χ1n) is 15.7. The minimum Gasteiger partial charge on any atom is -0.389 e. The molecule has 3 N–H and O–H groups in total. The predicted molar refractivity (Wildman–Crippen MR) is 164 cm³/mol. The van der Waals surface area contributed by atoms with Gasteiger partial charge in [-0.25, -0.2) is 4.98 Å². The van der Waals surface area contributed by atoms with E-state index in [1.54, 1.807) is 0 Å². The molecule has 2 bridgehead atoms. The highest BCUT2D eigenvalue weighted by Crippen LogP contribution is 2.49. The van der Waals surface area contributed by atoms with Crippen LogP contribution < -0.4 is 20.9 Å². The number of anilines is 3. The molecular formula is C31H39N9OS. The van der Waals surface area contributed by atoms with Gasteiger partial charge in [-0.05, 0) is 51.5 Å². The van der Waals surface area contributed by atoms with Gasteiger partial charge in [-0.15, -0.1) is 11.3 Å². The number of nitrogens with zero attached hydrogens (tertiary/aromatic N) is 7. The zero-order valence-electron chi connectivity index (χ0n) is 24.3. The Morgan fingerprint density at radius 3 is 2.69 bits per heavy atom. The fraction of sp³-hybridized carbons (Fsp3) is 0.613. The Labute approximate surface area is 250 Å². The molecule has 8 rings (SSSR count). The van der Waals surface area contributed by atoms with Crippen molar-refractivity contribution in [1.29, 1.82) is 5.26 Å². The van der Waals surface area contributed by atoms with Crippen LogP contribution in [-0.4, -0.2) is 77.4 Å². The molecule has 10 nitrogen and oxygen atoms in total. The first-order chi connectivity index (χ1) is 20.5. The summed E-state index contributed by atoms with van der Waals surface area (Å²) in [4.78, 5) is 19.1. The summed E-state index contributed by atoms with van der Waals surface area (Å²) in [5, 5.41) is 18.5. The van der Waals surface area contributed by atoms with E-state index in [0.717, 1.165) is 86.5 Å². The van der Waals surface area contributed by atoms with Crippen molar-refractivity contribution in [2.45, 2.75) is 81.8 Å². The fourth-order valence-electron chi connectivity index (χ4n) is 8.39. The van der Waals surface area contributed by atoms with Crippen molar-refractivity contribution in [3.8, 4) is 17.6 Å². The predicted octanol–water partition coefficient (Wildman–Crippen LogP) is 3.90. The number of thiophene rings is 1. The number of nitrogens with two attached hydrogens (primary N) is 1. The molecule has 11 heteroatoms. The zero-order valence-corrected chi connectivity index (χ0v) is 25.1. The van der Waals surface area contributed by atoms with E-state index in [9.17, 15) is 5.26 Å². The van der Waals surface area contributed by atoms with Crippen LogP contribution in [0.25, 0.3) is 11.5 Å². The smallest absolute Gasteiger partial charge is 0.237 e. The Kier molecular flexibility index (Phi) is 6.43. The number of hydrogen-bond acceptors (Lipinski definition) is 11. The van der Waals surface area contributed by atoms with Crippen LogP contribution in [-0.2, 0) is 11.8 Å². The van der Waals surface area contributed by atoms with Crippen LogP contribution in [0.3, 0.4) is 0 Å². The number of aryl methyl sites for hydroxylation is 1. The van der Waals surface area contributed by atoms with Crippen LogP contribution in [0, 0.1) is 11.3 Å². The molecule has 0 aromatic carbocycles. The second-order valence-corrected chi connectivity index (χ2v) is 14.1. The summed E-state index contributed by atoms with van der Waals surface area (Å²) < 4.78 is 6.01. The highest BCUT2D eigenvalue weighted by molar-refractivity contribution is 7.16. The van der Waals surface area contributed by atoms with Gasteiger partial charge >= 0.3 is 0 Å². The minimum atomic E-state index is -0.547. The van der Waals surface area contributed by atoms with Gasteiger partial charge in [0.15, 0.2) is 0 Å². The molecule has 3 aromatic heterocycles. The molecular weight excluding hydrogens is 546 g/mol. The molecule has 3 aromatic rings. The SMILES string of the molecule is CC1(c2nc(-c3cc(N4CCNCC4)cc(N4CC5C[C@H]4CN5C4CCCC4)n3)no2)CCCc2sc(N)c(C#N)c21. The van der Waals surface area contributed by atoms with E-state index in [4.69, 9.17) is 20.2 Å². The highest BCUT2D eigenvalue weighted by atomic mass is 32.1. The molecule has 3 atom stereocenters. The van der Waals surface area contributed by atoms with Crippen LogP contribution in [0.4, 0.5) is 16.5 Å². The summed E-state index contributed by atoms with van der Waals surface area (Å²) in [5.41, 5.74) is 9.16. The van der Waals surface area contributed by atoms with E-state index in [0.29, 0.717) is 34.4 Å². The Balaban J connectivity index is 1.14. The summed E-state index contributed by atoms with van der Waals surface area (Å²) >= 11 is 1.52. The van der Waals surface area contributed by atoms with E-state index in [2.05, 4.69) is 50.3 Å². The summed E-state index contributed by atoms with van der Waals surface area (Å²) in [5.74, 6) is 2.07. The second-order valence-electron chi connectivity index (χ2n) is 13.0. The number of nitrogens with one attached hydrogen (secondary N) is 1. The third-order valence-electron chi connectivity index (χ3n) is 10.5. The Morgan fingerprint density at radius 1 is 1.10 bits per heavy atom. The van der Waals surface area contributed by atoms with Crippen molar-refractivity contribution in [2.75, 3.05) is 54.8 Å². The first-order valence-corrected chi connectivity index (χ1v) is 16.5. The van der Waals surface area contributed by atoms with Crippen LogP contribution in [0.15, 0.2) is 16.7 Å². The Hall–Kier alpha value is -3.20. The lowest BCUT2D eigenvalue weighted by Gasteiger charge is -2.38. The number of nitriles is 1. The van der Waals surface area contributed by atoms with E-state index >= 15 is 0 Å². The normalized spacial score (nSPS) is 28.0. The van der Waals surface area contributed by atoms with Gasteiger partial charge in [0.05, 0.1) is 11.0 Å². The van der Waals surface area contributed by atoms with E-state index < -0.39 is 5.41 Å². The average Bonchev–Trinajstić information content (AvgIpc) is 3.85. The molecule has 3 aliphatic heterocycles. The number of pyridine rings is 1. The van der Waals surface area contributed by atoms with Crippen LogP contribution in [0.5, 0.6) is 0 Å². The minimum absolute atomic E-state index is 0.503. The lowest BCUT2D eigenvalue weighted by Crippen LogP contribution is -2.50. The topological polar surface area (TPSA) is 123 Å². The van der Waals surface area contributed by atoms with Gasteiger partial charge in [0, 0.05) is 79.6 Å². The number of likely N-dealkylation sites (tertiary alicyclic amines) is 1. The number of aromatic nitrogens is 3. The third kappa shape index (κ3) is 4.21. The second kappa shape index (κ2) is 10.2. The van der Waals surface area contributed by atoms with Gasteiger partial charge in [0.1, 0.15) is 22.6 Å². The fourth-order valence-corrected chi connectivity index (χ4v) is 9.58. The molecule has 1 saturated carbocycles. The lowest BCUT2D eigenvalue weighted by atomic mass is 9.72. The Morgan fingerprint density at radius 2 is 1.93 bits per heavy atom. The molecule has 220 valence electrons. The van der Waals surface area contributed by atoms with Crippen molar-refractivity contribution in [1.82, 2.24) is 25.3 Å². The molecule has 5 aliphatic rings. The maximum absolute atomic E-state index is 9.92. The largest absolute Gasteiger partial charge is 0.389 e. The van der Waals surface area contributed by atoms with Crippen molar-refractivity contribution < 1.29 is 4.52 Å². The van der Waals surface area contributed by atoms with E-state index in [1.165, 1.54) is 49.1 Å². The van der Waals surface area contributed by atoms with Crippen molar-refractivity contribution in [3.05, 3.63) is 34.0 Å². The van der Waals surface area contributed by atoms with Crippen molar-refractivity contribution >= 4 is 27.8 Å². The van der Waals surface area contributed by atoms with Gasteiger partial charge < -0.3 is 25.4 Å². The molecule has 0 radical (unpaired) electrons. The standard InChI is InChI=1S/C31H39N9OS/c1-31(8-4-7-25-27(31)23(16-32)28(33)42-25)30-36-29(37-41-30)24-14-20(38-11-9-34-10-12-38)15-26(35-24)40-18-21-13-22(40)17-39(21)19-5-2-3-6-19/h14-15,19,21-22,34H,2-13,17-18,33H2,1H3/t21?,22-,31?/m0/s1. The lowest BCUT2D eigenvalue weighted by molar-refractivity contribution is 0.170. The molecule has 42 heavy (non-hydrogen) atoms. The van der Waals surface area contributed by atoms with Crippen LogP contribution >= 0.6 is 11.3 Å². The maximum atomic E-state index is 9.92. The molecule has 2 aliphatic carbocycles. The third-order valence-corrected chi connectivity index (χ3v) is 11.6. The number of nitrogen functional groups attached to an aromatic ring is 1. The molecule has 2 unspecified atom stereocenters. The number of piperazine rings is 2. The van der Waals surface area contributed by atoms with Gasteiger partial charge in [0.2, 0.25) is 11.7 Å². The molecule has 3 saturated heterocycles. The van der Waals surface area contributed by atoms with Gasteiger partial charge in [-0.1, -0.05) is 18.0 Å². The van der Waals surface area contributed by atoms with Gasteiger partial charge in [-0.3, -0.25) is 4.90 Å². The van der Waals surface area contributed by atoms with E-state index in [1.807, 2.05) is 0 Å². The number of hydrogen-bond donors (Lipinski definition) is 2. The summed E-state index contributed by atoms with van der Waals surface area (Å²) in [6.07, 6.45) is 9.45. The maximum Gasteiger partial charge on any atom is 0.237 e. The van der Waals surface area contributed by atoms with Gasteiger partial charge in [0.25, 0.3) is 0 Å². The Bertz CT molecular complexity index is 1530. The summed E-state index contributed by atoms with van der Waals surface area (Å²) in [7, 11) is 0. The number of fused-ring (bicyclic) bond motifs is 3. The molecule has 0 spiro atoms. The van der Waals surface area contributed by atoms with Crippen LogP contribution in [0.2, 0.25) is 0 Å². The van der Waals surface area contributed by atoms with E-state index in [-0.39, 0.29) is 0 Å². The molecule has 4 fully saturated rings. The number of rotatable bonds is 5. The molecule has 0 amide bonds. The summed E-state index contributed by atoms with van der Waals surface area (Å²) in [6.45, 7) is 8.14. The quantitative estimate of drug-likeness (QED) is 0.456. The van der Waals surface area contributed by atoms with Gasteiger partial charge in [-0.2, -0.15) is 10.2 Å². The average molecular weight is 586 g/mol. The van der Waals surface area contributed by atoms with Crippen molar-refractivity contribution in [2.24, 2.45) is 0 Å². The zero-order chi connectivity index (χ0) is 28.4. The first kappa shape index (κ1) is 26.4. The monoisotopic (exact) mass is 585 g/mol. The molecule has 6 heterocycles. The highest BCUT2D eigenvalue weighted by Gasteiger charge is 2.47.